The van der Waals surface area contributed by atoms with Gasteiger partial charge in [0.05, 0.1) is 17.0 Å². The SMILES string of the molecule is CNc1cc[nH]c(=O)c1C(=N)c1cccc(F)c1. The Kier molecular flexibility index (Phi) is 3.23. The second kappa shape index (κ2) is 4.83. The molecule has 18 heavy (non-hydrogen) atoms. The Morgan fingerprint density at radius 1 is 1.39 bits per heavy atom. The highest BCUT2D eigenvalue weighted by Gasteiger charge is 2.13. The lowest BCUT2D eigenvalue weighted by molar-refractivity contribution is 0.627. The number of hydrogen-bond acceptors (Lipinski definition) is 3. The van der Waals surface area contributed by atoms with Crippen LogP contribution in [0.1, 0.15) is 11.1 Å². The van der Waals surface area contributed by atoms with Crippen LogP contribution >= 0.6 is 0 Å². The normalized spacial score (nSPS) is 10.1. The molecule has 0 spiro atoms. The third kappa shape index (κ3) is 2.15. The number of pyridine rings is 1. The molecule has 0 aliphatic heterocycles. The number of benzene rings is 1. The highest BCUT2D eigenvalue weighted by molar-refractivity contribution is 6.13. The first-order valence-electron chi connectivity index (χ1n) is 5.38. The Balaban J connectivity index is 2.56. The van der Waals surface area contributed by atoms with Gasteiger partial charge in [-0.1, -0.05) is 12.1 Å². The molecular formula is C13H12FN3O. The van der Waals surface area contributed by atoms with Crippen molar-refractivity contribution < 1.29 is 4.39 Å². The lowest BCUT2D eigenvalue weighted by Gasteiger charge is -2.09. The molecule has 0 aliphatic carbocycles. The Labute approximate surface area is 103 Å². The van der Waals surface area contributed by atoms with Crippen LogP contribution in [0.2, 0.25) is 0 Å². The molecule has 2 aromatic rings. The average molecular weight is 245 g/mol. The van der Waals surface area contributed by atoms with Crippen LogP contribution in [-0.4, -0.2) is 17.7 Å². The summed E-state index contributed by atoms with van der Waals surface area (Å²) < 4.78 is 13.1. The van der Waals surface area contributed by atoms with Gasteiger partial charge in [0.25, 0.3) is 5.56 Å². The lowest BCUT2D eigenvalue weighted by atomic mass is 10.0. The Morgan fingerprint density at radius 2 is 2.17 bits per heavy atom. The van der Waals surface area contributed by atoms with Crippen LogP contribution in [0.4, 0.5) is 10.1 Å². The summed E-state index contributed by atoms with van der Waals surface area (Å²) in [7, 11) is 1.66. The summed E-state index contributed by atoms with van der Waals surface area (Å²) in [5.41, 5.74) is 0.707. The van der Waals surface area contributed by atoms with Gasteiger partial charge in [-0.05, 0) is 18.2 Å². The van der Waals surface area contributed by atoms with Crippen molar-refractivity contribution in [2.45, 2.75) is 0 Å². The zero-order valence-corrected chi connectivity index (χ0v) is 9.75. The van der Waals surface area contributed by atoms with Crippen LogP contribution in [0.3, 0.4) is 0 Å². The van der Waals surface area contributed by atoms with E-state index in [0.717, 1.165) is 0 Å². The summed E-state index contributed by atoms with van der Waals surface area (Å²) in [4.78, 5) is 14.3. The van der Waals surface area contributed by atoms with Crippen LogP contribution < -0.4 is 10.9 Å². The summed E-state index contributed by atoms with van der Waals surface area (Å²) in [6.07, 6.45) is 1.50. The number of aromatic amines is 1. The van der Waals surface area contributed by atoms with E-state index in [0.29, 0.717) is 11.3 Å². The van der Waals surface area contributed by atoms with Crippen molar-refractivity contribution in [1.29, 1.82) is 5.41 Å². The van der Waals surface area contributed by atoms with Crippen molar-refractivity contribution in [2.24, 2.45) is 0 Å². The molecule has 4 nitrogen and oxygen atoms in total. The van der Waals surface area contributed by atoms with E-state index < -0.39 is 5.82 Å². The quantitative estimate of drug-likeness (QED) is 0.724. The van der Waals surface area contributed by atoms with Crippen molar-refractivity contribution >= 4 is 11.4 Å². The number of anilines is 1. The minimum Gasteiger partial charge on any atom is -0.387 e. The van der Waals surface area contributed by atoms with Gasteiger partial charge in [0, 0.05) is 18.8 Å². The number of nitrogens with one attached hydrogen (secondary N) is 3. The molecule has 0 amide bonds. The molecule has 2 rings (SSSR count). The van der Waals surface area contributed by atoms with Gasteiger partial charge in [0.2, 0.25) is 0 Å². The molecule has 0 bridgehead atoms. The summed E-state index contributed by atoms with van der Waals surface area (Å²) in [5, 5.41) is 10.9. The van der Waals surface area contributed by atoms with Crippen LogP contribution in [0.5, 0.6) is 0 Å². The molecule has 0 aliphatic rings. The third-order valence-corrected chi connectivity index (χ3v) is 2.59. The maximum atomic E-state index is 13.1. The second-order valence-corrected chi connectivity index (χ2v) is 3.73. The van der Waals surface area contributed by atoms with E-state index in [9.17, 15) is 9.18 Å². The maximum absolute atomic E-state index is 13.1. The fourth-order valence-corrected chi connectivity index (χ4v) is 1.72. The lowest BCUT2D eigenvalue weighted by Crippen LogP contribution is -2.20. The van der Waals surface area contributed by atoms with E-state index in [1.807, 2.05) is 0 Å². The minimum absolute atomic E-state index is 0.0132. The van der Waals surface area contributed by atoms with E-state index in [2.05, 4.69) is 10.3 Å². The van der Waals surface area contributed by atoms with Crippen LogP contribution in [0.15, 0.2) is 41.3 Å². The van der Waals surface area contributed by atoms with Crippen molar-refractivity contribution in [3.8, 4) is 0 Å². The molecule has 5 heteroatoms. The third-order valence-electron chi connectivity index (χ3n) is 2.59. The summed E-state index contributed by atoms with van der Waals surface area (Å²) in [6.45, 7) is 0. The predicted molar refractivity (Wildman–Crippen MR) is 68.9 cm³/mol. The van der Waals surface area contributed by atoms with Crippen LogP contribution in [-0.2, 0) is 0 Å². The van der Waals surface area contributed by atoms with Gasteiger partial charge >= 0.3 is 0 Å². The van der Waals surface area contributed by atoms with Crippen molar-refractivity contribution in [2.75, 3.05) is 12.4 Å². The molecule has 0 atom stereocenters. The Bertz CT molecular complexity index is 649. The molecule has 0 unspecified atom stereocenters. The Morgan fingerprint density at radius 3 is 2.83 bits per heavy atom. The van der Waals surface area contributed by atoms with Gasteiger partial charge in [-0.15, -0.1) is 0 Å². The molecule has 0 fully saturated rings. The molecule has 1 heterocycles. The zero-order chi connectivity index (χ0) is 13.1. The van der Waals surface area contributed by atoms with Gasteiger partial charge in [0.15, 0.2) is 0 Å². The summed E-state index contributed by atoms with van der Waals surface area (Å²) in [6, 6.07) is 7.29. The first-order chi connectivity index (χ1) is 8.63. The van der Waals surface area contributed by atoms with E-state index in [1.165, 1.54) is 24.4 Å². The van der Waals surface area contributed by atoms with Gasteiger partial charge in [0.1, 0.15) is 5.82 Å². The van der Waals surface area contributed by atoms with Gasteiger partial charge in [-0.3, -0.25) is 10.2 Å². The smallest absolute Gasteiger partial charge is 0.259 e. The second-order valence-electron chi connectivity index (χ2n) is 3.73. The zero-order valence-electron chi connectivity index (χ0n) is 9.75. The van der Waals surface area contributed by atoms with Crippen molar-refractivity contribution in [3.05, 3.63) is 63.8 Å². The summed E-state index contributed by atoms with van der Waals surface area (Å²) >= 11 is 0. The predicted octanol–water partition coefficient (Wildman–Crippen LogP) is 1.97. The number of rotatable bonds is 3. The fraction of sp³-hybridized carbons (Fsp3) is 0.0769. The maximum Gasteiger partial charge on any atom is 0.259 e. The molecule has 0 saturated heterocycles. The number of hydrogen-bond donors (Lipinski definition) is 3. The minimum atomic E-state index is -0.435. The largest absolute Gasteiger partial charge is 0.387 e. The number of halogens is 1. The molecule has 92 valence electrons. The molecular weight excluding hydrogens is 233 g/mol. The first kappa shape index (κ1) is 12.0. The number of H-pyrrole nitrogens is 1. The van der Waals surface area contributed by atoms with Gasteiger partial charge in [-0.25, -0.2) is 4.39 Å². The van der Waals surface area contributed by atoms with Crippen LogP contribution in [0, 0.1) is 11.2 Å². The molecule has 1 aromatic heterocycles. The highest BCUT2D eigenvalue weighted by Crippen LogP contribution is 2.15. The highest BCUT2D eigenvalue weighted by atomic mass is 19.1. The topological polar surface area (TPSA) is 68.7 Å². The van der Waals surface area contributed by atoms with Crippen molar-refractivity contribution in [3.63, 3.8) is 0 Å². The van der Waals surface area contributed by atoms with E-state index in [1.54, 1.807) is 19.2 Å². The summed E-state index contributed by atoms with van der Waals surface area (Å²) in [5.74, 6) is -0.435. The van der Waals surface area contributed by atoms with Gasteiger partial charge < -0.3 is 10.3 Å². The average Bonchev–Trinajstić information content (AvgIpc) is 2.37. The van der Waals surface area contributed by atoms with Gasteiger partial charge in [-0.2, -0.15) is 0 Å². The van der Waals surface area contributed by atoms with Crippen molar-refractivity contribution in [1.82, 2.24) is 4.98 Å². The molecule has 1 aromatic carbocycles. The Hall–Kier alpha value is -2.43. The fourth-order valence-electron chi connectivity index (χ4n) is 1.72. The van der Waals surface area contributed by atoms with E-state index >= 15 is 0 Å². The van der Waals surface area contributed by atoms with E-state index in [4.69, 9.17) is 5.41 Å². The molecule has 3 N–H and O–H groups in total. The standard InChI is InChI=1S/C13H12FN3O/c1-16-10-5-6-17-13(18)11(10)12(15)8-3-2-4-9(14)7-8/h2-7,15H,1H3,(H2,16,17,18). The van der Waals surface area contributed by atoms with E-state index in [-0.39, 0.29) is 16.8 Å². The first-order valence-corrected chi connectivity index (χ1v) is 5.38. The number of aromatic nitrogens is 1. The molecule has 0 saturated carbocycles. The monoisotopic (exact) mass is 245 g/mol. The van der Waals surface area contributed by atoms with Crippen LogP contribution in [0.25, 0.3) is 0 Å². The molecule has 0 radical (unpaired) electrons.